The van der Waals surface area contributed by atoms with Crippen LogP contribution in [0.1, 0.15) is 55.7 Å². The number of carbonyl (C=O) groups is 1. The van der Waals surface area contributed by atoms with Gasteiger partial charge in [0.1, 0.15) is 12.4 Å². The van der Waals surface area contributed by atoms with E-state index in [2.05, 4.69) is 0 Å². The van der Waals surface area contributed by atoms with Gasteiger partial charge in [0.2, 0.25) is 0 Å². The van der Waals surface area contributed by atoms with E-state index in [1.807, 2.05) is 19.1 Å². The Labute approximate surface area is 158 Å². The molecule has 1 aliphatic rings. The van der Waals surface area contributed by atoms with E-state index in [1.165, 1.54) is 12.1 Å². The van der Waals surface area contributed by atoms with Gasteiger partial charge in [-0.25, -0.2) is 4.39 Å². The summed E-state index contributed by atoms with van der Waals surface area (Å²) in [5.74, 6) is 0.288. The summed E-state index contributed by atoms with van der Waals surface area (Å²) >= 11 is 6.18. The second-order valence-corrected chi connectivity index (χ2v) is 6.85. The number of benzene rings is 2. The monoisotopic (exact) mass is 376 g/mol. The van der Waals surface area contributed by atoms with E-state index in [0.717, 1.165) is 29.5 Å². The Morgan fingerprint density at radius 3 is 2.65 bits per heavy atom. The third-order valence-electron chi connectivity index (χ3n) is 4.55. The number of hydrogen-bond donors (Lipinski definition) is 0. The molecule has 0 atom stereocenters. The zero-order valence-corrected chi connectivity index (χ0v) is 15.7. The number of carbonyl (C=O) groups excluding carboxylic acids is 1. The third-order valence-corrected chi connectivity index (χ3v) is 4.90. The molecule has 0 saturated heterocycles. The first kappa shape index (κ1) is 18.7. The molecule has 0 spiro atoms. The first-order valence-corrected chi connectivity index (χ1v) is 9.34. The maximum Gasteiger partial charge on any atom is 0.310 e. The Hall–Kier alpha value is -2.07. The van der Waals surface area contributed by atoms with E-state index in [0.29, 0.717) is 23.1 Å². The van der Waals surface area contributed by atoms with Gasteiger partial charge in [-0.1, -0.05) is 37.6 Å². The minimum atomic E-state index is -0.442. The molecule has 0 heterocycles. The van der Waals surface area contributed by atoms with Crippen LogP contribution in [0.25, 0.3) is 0 Å². The summed E-state index contributed by atoms with van der Waals surface area (Å²) in [6, 6.07) is 8.56. The number of aryl methyl sites for hydroxylation is 1. The fraction of sp³-hybridized carbons (Fsp3) is 0.381. The van der Waals surface area contributed by atoms with Crippen LogP contribution < -0.4 is 9.47 Å². The summed E-state index contributed by atoms with van der Waals surface area (Å²) < 4.78 is 25.5. The van der Waals surface area contributed by atoms with Crippen molar-refractivity contribution in [2.24, 2.45) is 0 Å². The van der Waals surface area contributed by atoms with Crippen molar-refractivity contribution in [3.63, 3.8) is 0 Å². The second kappa shape index (κ2) is 8.09. The minimum Gasteiger partial charge on any atom is -0.486 e. The molecular formula is C21H22ClFO3. The molecule has 0 bridgehead atoms. The van der Waals surface area contributed by atoms with E-state index in [4.69, 9.17) is 21.1 Å². The summed E-state index contributed by atoms with van der Waals surface area (Å²) in [5, 5.41) is 0.483. The molecule has 2 aromatic rings. The van der Waals surface area contributed by atoms with E-state index in [-0.39, 0.29) is 24.7 Å². The topological polar surface area (TPSA) is 35.5 Å². The first-order chi connectivity index (χ1) is 12.5. The third kappa shape index (κ3) is 4.18. The van der Waals surface area contributed by atoms with Crippen LogP contribution in [0.3, 0.4) is 0 Å². The molecule has 0 N–H and O–H groups in total. The molecule has 0 unspecified atom stereocenters. The SMILES string of the molecule is CCC(=O)Oc1cccc(C2CC2)c1COc1cc(Cl)c(CC)cc1F. The van der Waals surface area contributed by atoms with Gasteiger partial charge in [-0.2, -0.15) is 0 Å². The van der Waals surface area contributed by atoms with Gasteiger partial charge >= 0.3 is 5.97 Å². The highest BCUT2D eigenvalue weighted by atomic mass is 35.5. The summed E-state index contributed by atoms with van der Waals surface area (Å²) in [7, 11) is 0. The molecule has 138 valence electrons. The zero-order chi connectivity index (χ0) is 18.7. The van der Waals surface area contributed by atoms with Crippen molar-refractivity contribution in [2.45, 2.75) is 52.1 Å². The van der Waals surface area contributed by atoms with Crippen molar-refractivity contribution in [1.82, 2.24) is 0 Å². The molecule has 0 radical (unpaired) electrons. The lowest BCUT2D eigenvalue weighted by molar-refractivity contribution is -0.134. The van der Waals surface area contributed by atoms with Crippen molar-refractivity contribution < 1.29 is 18.7 Å². The van der Waals surface area contributed by atoms with Crippen molar-refractivity contribution in [2.75, 3.05) is 0 Å². The molecule has 5 heteroatoms. The Morgan fingerprint density at radius 2 is 2.00 bits per heavy atom. The van der Waals surface area contributed by atoms with Gasteiger partial charge in [0.15, 0.2) is 11.6 Å². The smallest absolute Gasteiger partial charge is 0.310 e. The average Bonchev–Trinajstić information content (AvgIpc) is 3.47. The quantitative estimate of drug-likeness (QED) is 0.451. The maximum atomic E-state index is 14.3. The standard InChI is InChI=1S/C21H22ClFO3/c1-3-13-10-18(23)20(11-17(13)22)25-12-16-15(14-8-9-14)6-5-7-19(16)26-21(24)4-2/h5-7,10-11,14H,3-4,8-9,12H2,1-2H3. The normalized spacial score (nSPS) is 13.5. The number of halogens is 2. The average molecular weight is 377 g/mol. The number of rotatable bonds is 7. The lowest BCUT2D eigenvalue weighted by Gasteiger charge is -2.16. The molecule has 1 fully saturated rings. The van der Waals surface area contributed by atoms with Gasteiger partial charge < -0.3 is 9.47 Å². The Bertz CT molecular complexity index is 815. The molecule has 1 aliphatic carbocycles. The summed E-state index contributed by atoms with van der Waals surface area (Å²) in [6.07, 6.45) is 3.14. The molecule has 3 nitrogen and oxygen atoms in total. The van der Waals surface area contributed by atoms with Gasteiger partial charge in [0, 0.05) is 23.1 Å². The molecule has 0 aromatic heterocycles. The van der Waals surface area contributed by atoms with Crippen LogP contribution in [-0.4, -0.2) is 5.97 Å². The van der Waals surface area contributed by atoms with E-state index in [9.17, 15) is 9.18 Å². The summed E-state index contributed by atoms with van der Waals surface area (Å²) in [6.45, 7) is 3.79. The van der Waals surface area contributed by atoms with Crippen molar-refractivity contribution >= 4 is 17.6 Å². The van der Waals surface area contributed by atoms with Crippen LogP contribution in [0.2, 0.25) is 5.02 Å². The van der Waals surface area contributed by atoms with Crippen LogP contribution in [0.4, 0.5) is 4.39 Å². The molecule has 2 aromatic carbocycles. The van der Waals surface area contributed by atoms with Gasteiger partial charge in [0.25, 0.3) is 0 Å². The molecule has 0 aliphatic heterocycles. The van der Waals surface area contributed by atoms with Crippen molar-refractivity contribution in [3.8, 4) is 11.5 Å². The predicted octanol–water partition coefficient (Wildman–Crippen LogP) is 5.81. The number of ether oxygens (including phenoxy) is 2. The van der Waals surface area contributed by atoms with Gasteiger partial charge in [-0.3, -0.25) is 4.79 Å². The molecule has 1 saturated carbocycles. The second-order valence-electron chi connectivity index (χ2n) is 6.44. The van der Waals surface area contributed by atoms with Crippen LogP contribution in [0, 0.1) is 5.82 Å². The number of hydrogen-bond acceptors (Lipinski definition) is 3. The van der Waals surface area contributed by atoms with Crippen LogP contribution in [0.5, 0.6) is 11.5 Å². The van der Waals surface area contributed by atoms with Crippen molar-refractivity contribution in [1.29, 1.82) is 0 Å². The molecule has 26 heavy (non-hydrogen) atoms. The van der Waals surface area contributed by atoms with E-state index in [1.54, 1.807) is 13.0 Å². The van der Waals surface area contributed by atoms with Crippen LogP contribution >= 0.6 is 11.6 Å². The maximum absolute atomic E-state index is 14.3. The lowest BCUT2D eigenvalue weighted by Crippen LogP contribution is -2.10. The highest BCUT2D eigenvalue weighted by molar-refractivity contribution is 6.31. The summed E-state index contributed by atoms with van der Waals surface area (Å²) in [5.41, 5.74) is 2.64. The molecule has 3 rings (SSSR count). The van der Waals surface area contributed by atoms with Crippen LogP contribution in [-0.2, 0) is 17.8 Å². The fourth-order valence-electron chi connectivity index (χ4n) is 2.91. The predicted molar refractivity (Wildman–Crippen MR) is 99.5 cm³/mol. The number of esters is 1. The van der Waals surface area contributed by atoms with E-state index < -0.39 is 5.82 Å². The highest BCUT2D eigenvalue weighted by Crippen LogP contribution is 2.44. The van der Waals surface area contributed by atoms with Gasteiger partial charge in [-0.15, -0.1) is 0 Å². The van der Waals surface area contributed by atoms with Gasteiger partial charge in [-0.05, 0) is 48.4 Å². The minimum absolute atomic E-state index is 0.102. The Balaban J connectivity index is 1.87. The molecular weight excluding hydrogens is 355 g/mol. The van der Waals surface area contributed by atoms with Crippen molar-refractivity contribution in [3.05, 3.63) is 57.9 Å². The lowest BCUT2D eigenvalue weighted by atomic mass is 10.0. The fourth-order valence-corrected chi connectivity index (χ4v) is 3.19. The Morgan fingerprint density at radius 1 is 1.23 bits per heavy atom. The van der Waals surface area contributed by atoms with Gasteiger partial charge in [0.05, 0.1) is 0 Å². The van der Waals surface area contributed by atoms with Crippen LogP contribution in [0.15, 0.2) is 30.3 Å². The zero-order valence-electron chi connectivity index (χ0n) is 15.0. The molecule has 0 amide bonds. The first-order valence-electron chi connectivity index (χ1n) is 8.96. The highest BCUT2D eigenvalue weighted by Gasteiger charge is 2.28. The largest absolute Gasteiger partial charge is 0.486 e. The summed E-state index contributed by atoms with van der Waals surface area (Å²) in [4.78, 5) is 11.7. The Kier molecular flexibility index (Phi) is 5.82. The van der Waals surface area contributed by atoms with E-state index >= 15 is 0 Å².